The van der Waals surface area contributed by atoms with Crippen LogP contribution in [0.1, 0.15) is 30.4 Å². The molecule has 24 heavy (non-hydrogen) atoms. The molecule has 4 nitrogen and oxygen atoms in total. The highest BCUT2D eigenvalue weighted by molar-refractivity contribution is 5.95. The van der Waals surface area contributed by atoms with Crippen molar-refractivity contribution in [1.29, 1.82) is 0 Å². The van der Waals surface area contributed by atoms with Crippen LogP contribution in [0.5, 0.6) is 0 Å². The average molecular weight is 322 g/mol. The maximum absolute atomic E-state index is 12.2. The standard InChI is InChI=1S/C20H22N2O2/c1-2-15-8-10-18(11-9-15)21-19(23)14-22-13-17(12-20(22)24)16-6-4-3-5-7-16/h3-11,17H,2,12-14H2,1H3,(H,21,23)/t17-/m0/s1. The summed E-state index contributed by atoms with van der Waals surface area (Å²) in [6.07, 6.45) is 1.44. The van der Waals surface area contributed by atoms with Crippen LogP contribution in [-0.4, -0.2) is 29.8 Å². The molecule has 3 rings (SSSR count). The summed E-state index contributed by atoms with van der Waals surface area (Å²) in [5.74, 6) is 0.0666. The van der Waals surface area contributed by atoms with Gasteiger partial charge in [-0.2, -0.15) is 0 Å². The molecule has 4 heteroatoms. The number of carbonyl (C=O) groups excluding carboxylic acids is 2. The molecule has 0 unspecified atom stereocenters. The number of benzene rings is 2. The van der Waals surface area contributed by atoms with E-state index in [1.165, 1.54) is 5.56 Å². The smallest absolute Gasteiger partial charge is 0.243 e. The molecule has 0 radical (unpaired) electrons. The first kappa shape index (κ1) is 16.2. The largest absolute Gasteiger partial charge is 0.333 e. The van der Waals surface area contributed by atoms with E-state index in [2.05, 4.69) is 12.2 Å². The first-order chi connectivity index (χ1) is 11.7. The summed E-state index contributed by atoms with van der Waals surface area (Å²) in [7, 11) is 0. The molecule has 0 spiro atoms. The normalized spacial score (nSPS) is 17.1. The molecule has 2 aromatic carbocycles. The Kier molecular flexibility index (Phi) is 4.94. The molecule has 0 aliphatic carbocycles. The summed E-state index contributed by atoms with van der Waals surface area (Å²) in [4.78, 5) is 26.0. The lowest BCUT2D eigenvalue weighted by molar-refractivity contribution is -0.131. The van der Waals surface area contributed by atoms with Crippen LogP contribution in [0.25, 0.3) is 0 Å². The number of amides is 2. The van der Waals surface area contributed by atoms with Crippen LogP contribution >= 0.6 is 0 Å². The monoisotopic (exact) mass is 322 g/mol. The van der Waals surface area contributed by atoms with Gasteiger partial charge in [0.15, 0.2) is 0 Å². The zero-order valence-electron chi connectivity index (χ0n) is 13.9. The third-order valence-electron chi connectivity index (χ3n) is 4.47. The van der Waals surface area contributed by atoms with Crippen LogP contribution in [0.4, 0.5) is 5.69 Å². The molecule has 0 aromatic heterocycles. The van der Waals surface area contributed by atoms with Crippen molar-refractivity contribution in [2.24, 2.45) is 0 Å². The Labute approximate surface area is 142 Å². The number of hydrogen-bond donors (Lipinski definition) is 1. The summed E-state index contributed by atoms with van der Waals surface area (Å²) in [6, 6.07) is 17.8. The van der Waals surface area contributed by atoms with E-state index in [0.717, 1.165) is 17.7 Å². The first-order valence-corrected chi connectivity index (χ1v) is 8.37. The number of hydrogen-bond acceptors (Lipinski definition) is 2. The van der Waals surface area contributed by atoms with Crippen LogP contribution in [0.2, 0.25) is 0 Å². The van der Waals surface area contributed by atoms with E-state index in [9.17, 15) is 9.59 Å². The quantitative estimate of drug-likeness (QED) is 0.919. The van der Waals surface area contributed by atoms with Gasteiger partial charge in [0.2, 0.25) is 11.8 Å². The van der Waals surface area contributed by atoms with E-state index in [1.807, 2.05) is 54.6 Å². The average Bonchev–Trinajstić information content (AvgIpc) is 2.97. The van der Waals surface area contributed by atoms with Gasteiger partial charge < -0.3 is 10.2 Å². The Bertz CT molecular complexity index is 710. The van der Waals surface area contributed by atoms with Crippen molar-refractivity contribution in [3.8, 4) is 0 Å². The minimum atomic E-state index is -0.152. The van der Waals surface area contributed by atoms with Crippen LogP contribution < -0.4 is 5.32 Å². The number of nitrogens with one attached hydrogen (secondary N) is 1. The Morgan fingerprint density at radius 1 is 1.12 bits per heavy atom. The van der Waals surface area contributed by atoms with E-state index in [0.29, 0.717) is 13.0 Å². The molecule has 1 aliphatic heterocycles. The zero-order chi connectivity index (χ0) is 16.9. The second kappa shape index (κ2) is 7.30. The minimum absolute atomic E-state index is 0.0420. The summed E-state index contributed by atoms with van der Waals surface area (Å²) >= 11 is 0. The molecule has 1 saturated heterocycles. The van der Waals surface area contributed by atoms with Crippen LogP contribution in [0.15, 0.2) is 54.6 Å². The molecule has 2 amide bonds. The lowest BCUT2D eigenvalue weighted by Crippen LogP contribution is -2.34. The number of carbonyl (C=O) groups is 2. The van der Waals surface area contributed by atoms with Gasteiger partial charge in [0.25, 0.3) is 0 Å². The van der Waals surface area contributed by atoms with Crippen LogP contribution in [0.3, 0.4) is 0 Å². The van der Waals surface area contributed by atoms with Crippen molar-refractivity contribution < 1.29 is 9.59 Å². The molecular formula is C20H22N2O2. The molecule has 1 fully saturated rings. The number of anilines is 1. The van der Waals surface area contributed by atoms with Gasteiger partial charge in [-0.05, 0) is 29.7 Å². The highest BCUT2D eigenvalue weighted by Crippen LogP contribution is 2.27. The number of likely N-dealkylation sites (tertiary alicyclic amines) is 1. The fourth-order valence-corrected chi connectivity index (χ4v) is 3.07. The molecular weight excluding hydrogens is 300 g/mol. The van der Waals surface area contributed by atoms with Gasteiger partial charge in [-0.3, -0.25) is 9.59 Å². The SMILES string of the molecule is CCc1ccc(NC(=O)CN2C[C@@H](c3ccccc3)CC2=O)cc1. The predicted octanol–water partition coefficient (Wildman–Crippen LogP) is 3.20. The van der Waals surface area contributed by atoms with E-state index >= 15 is 0 Å². The number of nitrogens with zero attached hydrogens (tertiary/aromatic N) is 1. The summed E-state index contributed by atoms with van der Waals surface area (Å²) in [5, 5.41) is 2.86. The Hall–Kier alpha value is -2.62. The van der Waals surface area contributed by atoms with E-state index in [4.69, 9.17) is 0 Å². The lowest BCUT2D eigenvalue weighted by Gasteiger charge is -2.16. The third-order valence-corrected chi connectivity index (χ3v) is 4.47. The maximum atomic E-state index is 12.2. The van der Waals surface area contributed by atoms with Crippen molar-refractivity contribution in [1.82, 2.24) is 4.90 Å². The molecule has 1 aliphatic rings. The van der Waals surface area contributed by atoms with Gasteiger partial charge in [0.05, 0.1) is 6.54 Å². The Morgan fingerprint density at radius 3 is 2.50 bits per heavy atom. The third kappa shape index (κ3) is 3.82. The minimum Gasteiger partial charge on any atom is -0.333 e. The van der Waals surface area contributed by atoms with Crippen molar-refractivity contribution in [3.63, 3.8) is 0 Å². The van der Waals surface area contributed by atoms with Gasteiger partial charge in [0, 0.05) is 24.6 Å². The number of aryl methyl sites for hydroxylation is 1. The van der Waals surface area contributed by atoms with E-state index in [1.54, 1.807) is 4.90 Å². The Balaban J connectivity index is 1.57. The summed E-state index contributed by atoms with van der Waals surface area (Å²) in [5.41, 5.74) is 3.15. The number of rotatable bonds is 5. The van der Waals surface area contributed by atoms with Gasteiger partial charge in [-0.1, -0.05) is 49.4 Å². The molecule has 2 aromatic rings. The highest BCUT2D eigenvalue weighted by Gasteiger charge is 2.31. The lowest BCUT2D eigenvalue weighted by atomic mass is 9.99. The molecule has 1 atom stereocenters. The highest BCUT2D eigenvalue weighted by atomic mass is 16.2. The fraction of sp³-hybridized carbons (Fsp3) is 0.300. The van der Waals surface area contributed by atoms with Gasteiger partial charge in [-0.15, -0.1) is 0 Å². The van der Waals surface area contributed by atoms with E-state index in [-0.39, 0.29) is 24.3 Å². The van der Waals surface area contributed by atoms with Crippen molar-refractivity contribution in [2.45, 2.75) is 25.7 Å². The zero-order valence-corrected chi connectivity index (χ0v) is 13.9. The molecule has 124 valence electrons. The molecule has 1 heterocycles. The predicted molar refractivity (Wildman–Crippen MR) is 94.8 cm³/mol. The van der Waals surface area contributed by atoms with Gasteiger partial charge in [0.1, 0.15) is 0 Å². The van der Waals surface area contributed by atoms with Gasteiger partial charge >= 0.3 is 0 Å². The van der Waals surface area contributed by atoms with Crippen molar-refractivity contribution >= 4 is 17.5 Å². The first-order valence-electron chi connectivity index (χ1n) is 8.37. The van der Waals surface area contributed by atoms with Crippen molar-refractivity contribution in [3.05, 3.63) is 65.7 Å². The second-order valence-corrected chi connectivity index (χ2v) is 6.18. The fourth-order valence-electron chi connectivity index (χ4n) is 3.07. The second-order valence-electron chi connectivity index (χ2n) is 6.18. The van der Waals surface area contributed by atoms with Crippen LogP contribution in [0, 0.1) is 0 Å². The maximum Gasteiger partial charge on any atom is 0.243 e. The van der Waals surface area contributed by atoms with Gasteiger partial charge in [-0.25, -0.2) is 0 Å². The molecule has 1 N–H and O–H groups in total. The Morgan fingerprint density at radius 2 is 1.83 bits per heavy atom. The summed E-state index contributed by atoms with van der Waals surface area (Å²) < 4.78 is 0. The van der Waals surface area contributed by atoms with E-state index < -0.39 is 0 Å². The molecule has 0 saturated carbocycles. The van der Waals surface area contributed by atoms with Crippen molar-refractivity contribution in [2.75, 3.05) is 18.4 Å². The molecule has 0 bridgehead atoms. The topological polar surface area (TPSA) is 49.4 Å². The van der Waals surface area contributed by atoms with Crippen LogP contribution in [-0.2, 0) is 16.0 Å². The summed E-state index contributed by atoms with van der Waals surface area (Å²) in [6.45, 7) is 2.80.